The van der Waals surface area contributed by atoms with Crippen molar-refractivity contribution >= 4 is 28.2 Å². The molecule has 9 heteroatoms. The van der Waals surface area contributed by atoms with Gasteiger partial charge in [0.2, 0.25) is 0 Å². The van der Waals surface area contributed by atoms with Gasteiger partial charge < -0.3 is 15.4 Å². The van der Waals surface area contributed by atoms with Crippen LogP contribution in [-0.4, -0.2) is 18.4 Å². The molecule has 2 amide bonds. The molecular formula is C21H17F3N2O3S. The summed E-state index contributed by atoms with van der Waals surface area (Å²) in [4.78, 5) is 25.1. The molecule has 0 fully saturated rings. The first-order chi connectivity index (χ1) is 14.3. The summed E-state index contributed by atoms with van der Waals surface area (Å²) < 4.78 is 41.9. The molecule has 0 atom stereocenters. The highest BCUT2D eigenvalue weighted by atomic mass is 32.1. The molecule has 0 spiro atoms. The number of thiophene rings is 1. The predicted molar refractivity (Wildman–Crippen MR) is 108 cm³/mol. The highest BCUT2D eigenvalue weighted by Gasteiger charge is 2.16. The zero-order valence-electron chi connectivity index (χ0n) is 15.7. The van der Waals surface area contributed by atoms with Crippen molar-refractivity contribution in [3.05, 3.63) is 82.0 Å². The van der Waals surface area contributed by atoms with Gasteiger partial charge in [-0.2, -0.15) is 8.78 Å². The van der Waals surface area contributed by atoms with Crippen LogP contribution >= 0.6 is 11.3 Å². The molecule has 5 nitrogen and oxygen atoms in total. The summed E-state index contributed by atoms with van der Waals surface area (Å²) in [6.07, 6.45) is 0. The minimum atomic E-state index is -2.90. The third-order valence-corrected chi connectivity index (χ3v) is 5.20. The van der Waals surface area contributed by atoms with Gasteiger partial charge in [0, 0.05) is 12.1 Å². The lowest BCUT2D eigenvalue weighted by atomic mass is 10.2. The van der Waals surface area contributed by atoms with E-state index in [0.717, 1.165) is 17.4 Å². The zero-order valence-corrected chi connectivity index (χ0v) is 16.6. The van der Waals surface area contributed by atoms with Gasteiger partial charge in [-0.05, 0) is 54.4 Å². The van der Waals surface area contributed by atoms with E-state index >= 15 is 0 Å². The van der Waals surface area contributed by atoms with Gasteiger partial charge in [0.1, 0.15) is 11.6 Å². The average Bonchev–Trinajstić information content (AvgIpc) is 3.07. The van der Waals surface area contributed by atoms with Crippen LogP contribution in [0.1, 0.15) is 31.2 Å². The molecule has 1 heterocycles. The van der Waals surface area contributed by atoms with Crippen molar-refractivity contribution < 1.29 is 27.5 Å². The van der Waals surface area contributed by atoms with Crippen LogP contribution in [0.15, 0.2) is 54.6 Å². The van der Waals surface area contributed by atoms with Crippen LogP contribution in [-0.2, 0) is 6.54 Å². The van der Waals surface area contributed by atoms with E-state index in [0.29, 0.717) is 21.0 Å². The second-order valence-corrected chi connectivity index (χ2v) is 7.34. The molecule has 2 N–H and O–H groups in total. The number of nitrogens with one attached hydrogen (secondary N) is 2. The Bertz CT molecular complexity index is 1050. The summed E-state index contributed by atoms with van der Waals surface area (Å²) in [6.45, 7) is -0.969. The van der Waals surface area contributed by atoms with Gasteiger partial charge in [0.25, 0.3) is 11.8 Å². The molecule has 0 aliphatic carbocycles. The molecule has 0 saturated carbocycles. The van der Waals surface area contributed by atoms with Crippen LogP contribution in [0.4, 0.5) is 18.2 Å². The van der Waals surface area contributed by atoms with Crippen molar-refractivity contribution in [3.63, 3.8) is 0 Å². The van der Waals surface area contributed by atoms with Crippen LogP contribution in [0, 0.1) is 12.7 Å². The van der Waals surface area contributed by atoms with E-state index in [9.17, 15) is 22.8 Å². The number of aryl methyl sites for hydroxylation is 1. The van der Waals surface area contributed by atoms with Crippen LogP contribution in [0.5, 0.6) is 5.75 Å². The summed E-state index contributed by atoms with van der Waals surface area (Å²) in [5, 5.41) is 5.86. The van der Waals surface area contributed by atoms with Crippen molar-refractivity contribution in [2.24, 2.45) is 0 Å². The molecule has 0 unspecified atom stereocenters. The Balaban J connectivity index is 1.60. The van der Waals surface area contributed by atoms with E-state index in [2.05, 4.69) is 15.4 Å². The Kier molecular flexibility index (Phi) is 6.73. The van der Waals surface area contributed by atoms with Crippen LogP contribution < -0.4 is 15.4 Å². The molecule has 3 aromatic rings. The molecule has 0 saturated heterocycles. The maximum absolute atomic E-state index is 13.3. The van der Waals surface area contributed by atoms with Gasteiger partial charge in [-0.25, -0.2) is 4.39 Å². The van der Waals surface area contributed by atoms with E-state index in [-0.39, 0.29) is 23.8 Å². The highest BCUT2D eigenvalue weighted by Crippen LogP contribution is 2.27. The van der Waals surface area contributed by atoms with E-state index < -0.39 is 18.3 Å². The number of hydrogen-bond acceptors (Lipinski definition) is 4. The molecule has 1 aromatic heterocycles. The monoisotopic (exact) mass is 434 g/mol. The number of halogens is 3. The summed E-state index contributed by atoms with van der Waals surface area (Å²) in [6, 6.07) is 12.9. The molecule has 30 heavy (non-hydrogen) atoms. The van der Waals surface area contributed by atoms with Gasteiger partial charge in [-0.1, -0.05) is 18.2 Å². The Morgan fingerprint density at radius 3 is 2.47 bits per heavy atom. The van der Waals surface area contributed by atoms with Crippen molar-refractivity contribution in [1.82, 2.24) is 5.32 Å². The second-order valence-electron chi connectivity index (χ2n) is 6.29. The fourth-order valence-electron chi connectivity index (χ4n) is 2.63. The molecular weight excluding hydrogens is 417 g/mol. The zero-order chi connectivity index (χ0) is 21.7. The number of rotatable bonds is 7. The summed E-state index contributed by atoms with van der Waals surface area (Å²) in [7, 11) is 0. The standard InChI is InChI=1S/C21H17F3N2O3S/c1-12-9-17(26-19(27)14-3-2-4-15(22)10-14)30-18(12)20(28)25-11-13-5-7-16(8-6-13)29-21(23)24/h2-10,21H,11H2,1H3,(H,25,28)(H,26,27). The Morgan fingerprint density at radius 2 is 1.80 bits per heavy atom. The number of carbonyl (C=O) groups excluding carboxylic acids is 2. The van der Waals surface area contributed by atoms with E-state index in [1.54, 1.807) is 25.1 Å². The SMILES string of the molecule is Cc1cc(NC(=O)c2cccc(F)c2)sc1C(=O)NCc1ccc(OC(F)F)cc1. The molecule has 156 valence electrons. The molecule has 2 aromatic carbocycles. The molecule has 3 rings (SSSR count). The quantitative estimate of drug-likeness (QED) is 0.551. The number of hydrogen-bond donors (Lipinski definition) is 2. The average molecular weight is 434 g/mol. The lowest BCUT2D eigenvalue weighted by Gasteiger charge is -2.07. The fraction of sp³-hybridized carbons (Fsp3) is 0.143. The van der Waals surface area contributed by atoms with Crippen molar-refractivity contribution in [2.75, 3.05) is 5.32 Å². The van der Waals surface area contributed by atoms with E-state index in [1.165, 1.54) is 30.3 Å². The van der Waals surface area contributed by atoms with Crippen molar-refractivity contribution in [1.29, 1.82) is 0 Å². The Morgan fingerprint density at radius 1 is 1.07 bits per heavy atom. The van der Waals surface area contributed by atoms with E-state index in [1.807, 2.05) is 0 Å². The van der Waals surface area contributed by atoms with Gasteiger partial charge in [0.15, 0.2) is 0 Å². The largest absolute Gasteiger partial charge is 0.435 e. The first-order valence-electron chi connectivity index (χ1n) is 8.81. The Labute approximate surface area is 174 Å². The molecule has 0 aliphatic heterocycles. The lowest BCUT2D eigenvalue weighted by molar-refractivity contribution is -0.0498. The first-order valence-corrected chi connectivity index (χ1v) is 9.63. The highest BCUT2D eigenvalue weighted by molar-refractivity contribution is 7.18. The summed E-state index contributed by atoms with van der Waals surface area (Å²) in [5.41, 5.74) is 1.55. The molecule has 0 radical (unpaired) electrons. The number of amides is 2. The second kappa shape index (κ2) is 9.45. The summed E-state index contributed by atoms with van der Waals surface area (Å²) in [5.74, 6) is -1.29. The topological polar surface area (TPSA) is 67.4 Å². The van der Waals surface area contributed by atoms with Gasteiger partial charge >= 0.3 is 6.61 Å². The third-order valence-electron chi connectivity index (χ3n) is 4.05. The number of alkyl halides is 2. The van der Waals surface area contributed by atoms with Gasteiger partial charge in [-0.3, -0.25) is 9.59 Å². The predicted octanol–water partition coefficient (Wildman–Crippen LogP) is 4.98. The fourth-order valence-corrected chi connectivity index (χ4v) is 3.62. The number of ether oxygens (including phenoxy) is 1. The van der Waals surface area contributed by atoms with E-state index in [4.69, 9.17) is 0 Å². The normalized spacial score (nSPS) is 10.7. The van der Waals surface area contributed by atoms with Crippen LogP contribution in [0.3, 0.4) is 0 Å². The first kappa shape index (κ1) is 21.4. The number of carbonyl (C=O) groups is 2. The maximum Gasteiger partial charge on any atom is 0.387 e. The van der Waals surface area contributed by atoms with Crippen molar-refractivity contribution in [2.45, 2.75) is 20.1 Å². The lowest BCUT2D eigenvalue weighted by Crippen LogP contribution is -2.22. The molecule has 0 aliphatic rings. The van der Waals surface area contributed by atoms with Crippen molar-refractivity contribution in [3.8, 4) is 5.75 Å². The Hall–Kier alpha value is -3.33. The van der Waals surface area contributed by atoms with Crippen LogP contribution in [0.25, 0.3) is 0 Å². The summed E-state index contributed by atoms with van der Waals surface area (Å²) >= 11 is 1.10. The number of anilines is 1. The maximum atomic E-state index is 13.3. The minimum absolute atomic E-state index is 0.0351. The molecule has 0 bridgehead atoms. The minimum Gasteiger partial charge on any atom is -0.435 e. The third kappa shape index (κ3) is 5.60. The van der Waals surface area contributed by atoms with Gasteiger partial charge in [-0.15, -0.1) is 11.3 Å². The van der Waals surface area contributed by atoms with Crippen LogP contribution in [0.2, 0.25) is 0 Å². The number of benzene rings is 2. The van der Waals surface area contributed by atoms with Gasteiger partial charge in [0.05, 0.1) is 9.88 Å². The smallest absolute Gasteiger partial charge is 0.387 e.